The van der Waals surface area contributed by atoms with E-state index in [2.05, 4.69) is 26.6 Å². The molecule has 1 aliphatic rings. The summed E-state index contributed by atoms with van der Waals surface area (Å²) in [5.41, 5.74) is 1.34. The van der Waals surface area contributed by atoms with E-state index in [1.807, 2.05) is 24.3 Å². The number of nitrogens with zero attached hydrogens (tertiary/aromatic N) is 1. The van der Waals surface area contributed by atoms with Gasteiger partial charge in [-0.05, 0) is 66.9 Å². The van der Waals surface area contributed by atoms with Gasteiger partial charge >= 0.3 is 6.03 Å². The van der Waals surface area contributed by atoms with Crippen molar-refractivity contribution < 1.29 is 14.7 Å². The number of anilines is 2. The van der Waals surface area contributed by atoms with Gasteiger partial charge < -0.3 is 20.6 Å². The van der Waals surface area contributed by atoms with Crippen molar-refractivity contribution in [1.82, 2.24) is 4.90 Å². The minimum atomic E-state index is -0.952. The van der Waals surface area contributed by atoms with E-state index in [1.54, 1.807) is 41.3 Å². The highest BCUT2D eigenvalue weighted by Gasteiger charge is 2.35. The normalized spacial score (nSPS) is 15.0. The van der Waals surface area contributed by atoms with Crippen LogP contribution in [0.2, 0.25) is 10.0 Å². The Kier molecular flexibility index (Phi) is 7.48. The highest BCUT2D eigenvalue weighted by atomic mass is 79.9. The van der Waals surface area contributed by atoms with Crippen LogP contribution in [0.1, 0.15) is 28.8 Å². The minimum absolute atomic E-state index is 0.259. The minimum Gasteiger partial charge on any atom is -0.385 e. The van der Waals surface area contributed by atoms with Crippen LogP contribution in [-0.2, 0) is 5.60 Å². The molecule has 0 unspecified atom stereocenters. The zero-order valence-electron chi connectivity index (χ0n) is 18.0. The number of rotatable bonds is 4. The second-order valence-corrected chi connectivity index (χ2v) is 9.85. The first-order valence-corrected chi connectivity index (χ1v) is 12.2. The third-order valence-corrected chi connectivity index (χ3v) is 7.08. The van der Waals surface area contributed by atoms with Crippen molar-refractivity contribution in [1.29, 1.82) is 0 Å². The van der Waals surface area contributed by atoms with Gasteiger partial charge in [0.05, 0.1) is 15.6 Å². The molecule has 0 saturated carbocycles. The maximum absolute atomic E-state index is 12.8. The van der Waals surface area contributed by atoms with Gasteiger partial charge in [0.2, 0.25) is 0 Å². The standard InChI is InChI=1S/C25H22BrCl2N3O3/c26-18-7-5-17(6-8-18)25(34)10-12-31(13-11-25)24(33)30-20-3-1-2-19(15-20)29-23(32)16-4-9-21(27)22(28)14-16/h1-9,14-15,34H,10-13H2,(H,29,32)(H,30,33). The molecule has 4 rings (SSSR count). The first-order chi connectivity index (χ1) is 16.2. The van der Waals surface area contributed by atoms with E-state index in [4.69, 9.17) is 23.2 Å². The molecular formula is C25H22BrCl2N3O3. The molecule has 6 nitrogen and oxygen atoms in total. The number of likely N-dealkylation sites (tertiary alicyclic amines) is 1. The summed E-state index contributed by atoms with van der Waals surface area (Å²) in [5.74, 6) is -0.342. The van der Waals surface area contributed by atoms with Gasteiger partial charge in [-0.1, -0.05) is 57.3 Å². The number of urea groups is 1. The lowest BCUT2D eigenvalue weighted by molar-refractivity contribution is -0.0157. The van der Waals surface area contributed by atoms with E-state index in [0.29, 0.717) is 52.9 Å². The Morgan fingerprint density at radius 3 is 2.18 bits per heavy atom. The summed E-state index contributed by atoms with van der Waals surface area (Å²) >= 11 is 15.3. The fourth-order valence-corrected chi connectivity index (χ4v) is 4.41. The van der Waals surface area contributed by atoms with Crippen LogP contribution in [-0.4, -0.2) is 35.0 Å². The van der Waals surface area contributed by atoms with Crippen LogP contribution in [0.3, 0.4) is 0 Å². The zero-order valence-corrected chi connectivity index (χ0v) is 21.1. The number of amides is 3. The van der Waals surface area contributed by atoms with Crippen molar-refractivity contribution in [2.24, 2.45) is 0 Å². The van der Waals surface area contributed by atoms with Crippen LogP contribution < -0.4 is 10.6 Å². The molecule has 3 N–H and O–H groups in total. The van der Waals surface area contributed by atoms with E-state index in [0.717, 1.165) is 10.0 Å². The third-order valence-electron chi connectivity index (χ3n) is 5.81. The lowest BCUT2D eigenvalue weighted by atomic mass is 9.84. The topological polar surface area (TPSA) is 81.7 Å². The Hall–Kier alpha value is -2.58. The molecule has 0 aliphatic carbocycles. The number of hydrogen-bond acceptors (Lipinski definition) is 3. The highest BCUT2D eigenvalue weighted by Crippen LogP contribution is 2.33. The van der Waals surface area contributed by atoms with Crippen molar-refractivity contribution in [2.75, 3.05) is 23.7 Å². The summed E-state index contributed by atoms with van der Waals surface area (Å²) in [4.78, 5) is 27.0. The molecule has 176 valence electrons. The molecule has 0 spiro atoms. The zero-order chi connectivity index (χ0) is 24.3. The van der Waals surface area contributed by atoms with Crippen LogP contribution in [0.4, 0.5) is 16.2 Å². The van der Waals surface area contributed by atoms with Crippen molar-refractivity contribution >= 4 is 62.4 Å². The molecule has 1 saturated heterocycles. The molecule has 3 aromatic rings. The molecule has 3 amide bonds. The fourth-order valence-electron chi connectivity index (χ4n) is 3.85. The van der Waals surface area contributed by atoms with E-state index in [-0.39, 0.29) is 11.9 Å². The number of halogens is 3. The number of carbonyl (C=O) groups is 2. The van der Waals surface area contributed by atoms with Gasteiger partial charge in [-0.2, -0.15) is 0 Å². The molecule has 0 bridgehead atoms. The average Bonchev–Trinajstić information content (AvgIpc) is 2.82. The van der Waals surface area contributed by atoms with E-state index >= 15 is 0 Å². The van der Waals surface area contributed by atoms with Gasteiger partial charge in [0, 0.05) is 34.5 Å². The second kappa shape index (κ2) is 10.4. The maximum atomic E-state index is 12.8. The average molecular weight is 563 g/mol. The van der Waals surface area contributed by atoms with Gasteiger partial charge in [-0.25, -0.2) is 4.79 Å². The van der Waals surface area contributed by atoms with Crippen LogP contribution in [0, 0.1) is 0 Å². The summed E-state index contributed by atoms with van der Waals surface area (Å²) in [6, 6.07) is 18.9. The molecule has 1 aliphatic heterocycles. The number of piperidine rings is 1. The SMILES string of the molecule is O=C(Nc1cccc(NC(=O)N2CCC(O)(c3ccc(Br)cc3)CC2)c1)c1ccc(Cl)c(Cl)c1. The Morgan fingerprint density at radius 2 is 1.53 bits per heavy atom. The Labute approximate surface area is 216 Å². The maximum Gasteiger partial charge on any atom is 0.321 e. The van der Waals surface area contributed by atoms with Gasteiger partial charge in [0.1, 0.15) is 0 Å². The largest absolute Gasteiger partial charge is 0.385 e. The van der Waals surface area contributed by atoms with E-state index in [9.17, 15) is 14.7 Å². The highest BCUT2D eigenvalue weighted by molar-refractivity contribution is 9.10. The quantitative estimate of drug-likeness (QED) is 0.338. The van der Waals surface area contributed by atoms with Gasteiger partial charge in [-0.15, -0.1) is 0 Å². The van der Waals surface area contributed by atoms with Crippen LogP contribution in [0.25, 0.3) is 0 Å². The van der Waals surface area contributed by atoms with Crippen molar-refractivity contribution in [3.8, 4) is 0 Å². The first-order valence-electron chi connectivity index (χ1n) is 10.6. The molecule has 34 heavy (non-hydrogen) atoms. The van der Waals surface area contributed by atoms with E-state index < -0.39 is 5.60 Å². The Morgan fingerprint density at radius 1 is 0.882 bits per heavy atom. The number of benzene rings is 3. The summed E-state index contributed by atoms with van der Waals surface area (Å²) in [7, 11) is 0. The van der Waals surface area contributed by atoms with Crippen LogP contribution in [0.5, 0.6) is 0 Å². The second-order valence-electron chi connectivity index (χ2n) is 8.12. The number of carbonyl (C=O) groups excluding carboxylic acids is 2. The first kappa shape index (κ1) is 24.5. The van der Waals surface area contributed by atoms with Crippen LogP contribution >= 0.6 is 39.1 Å². The van der Waals surface area contributed by atoms with Crippen LogP contribution in [0.15, 0.2) is 71.2 Å². The molecule has 3 aromatic carbocycles. The van der Waals surface area contributed by atoms with Gasteiger partial charge in [0.25, 0.3) is 5.91 Å². The van der Waals surface area contributed by atoms with E-state index in [1.165, 1.54) is 6.07 Å². The number of nitrogens with one attached hydrogen (secondary N) is 2. The lowest BCUT2D eigenvalue weighted by Gasteiger charge is -2.38. The lowest BCUT2D eigenvalue weighted by Crippen LogP contribution is -2.46. The molecule has 1 heterocycles. The monoisotopic (exact) mass is 561 g/mol. The van der Waals surface area contributed by atoms with Crippen molar-refractivity contribution in [2.45, 2.75) is 18.4 Å². The molecule has 0 aromatic heterocycles. The summed E-state index contributed by atoms with van der Waals surface area (Å²) < 4.78 is 0.951. The summed E-state index contributed by atoms with van der Waals surface area (Å²) in [6.07, 6.45) is 0.892. The predicted molar refractivity (Wildman–Crippen MR) is 139 cm³/mol. The predicted octanol–water partition coefficient (Wildman–Crippen LogP) is 6.52. The van der Waals surface area contributed by atoms with Gasteiger partial charge in [0.15, 0.2) is 0 Å². The molecule has 0 atom stereocenters. The third kappa shape index (κ3) is 5.73. The fraction of sp³-hybridized carbons (Fsp3) is 0.200. The summed E-state index contributed by atoms with van der Waals surface area (Å²) in [5, 5.41) is 17.4. The summed E-state index contributed by atoms with van der Waals surface area (Å²) in [6.45, 7) is 0.846. The molecule has 9 heteroatoms. The molecule has 0 radical (unpaired) electrons. The number of hydrogen-bond donors (Lipinski definition) is 3. The van der Waals surface area contributed by atoms with Crippen molar-refractivity contribution in [3.05, 3.63) is 92.4 Å². The Bertz CT molecular complexity index is 1210. The Balaban J connectivity index is 1.35. The number of aliphatic hydroxyl groups is 1. The van der Waals surface area contributed by atoms with Crippen molar-refractivity contribution in [3.63, 3.8) is 0 Å². The van der Waals surface area contributed by atoms with Gasteiger partial charge in [-0.3, -0.25) is 4.79 Å². The molecular weight excluding hydrogens is 541 g/mol. The smallest absolute Gasteiger partial charge is 0.321 e. The molecule has 1 fully saturated rings.